The Hall–Kier alpha value is -2.70. The molecule has 0 bridgehead atoms. The maximum atomic E-state index is 11.9. The van der Waals surface area contributed by atoms with E-state index >= 15 is 0 Å². The Morgan fingerprint density at radius 3 is 2.81 bits per heavy atom. The van der Waals surface area contributed by atoms with E-state index in [1.165, 1.54) is 12.5 Å². The predicted octanol–water partition coefficient (Wildman–Crippen LogP) is 4.83. The number of aryl methyl sites for hydroxylation is 1. The quantitative estimate of drug-likeness (QED) is 0.481. The van der Waals surface area contributed by atoms with Crippen molar-refractivity contribution in [2.45, 2.75) is 13.5 Å². The van der Waals surface area contributed by atoms with Crippen LogP contribution in [-0.2, 0) is 6.61 Å². The van der Waals surface area contributed by atoms with Crippen LogP contribution >= 0.6 is 23.2 Å². The second kappa shape index (κ2) is 8.12. The van der Waals surface area contributed by atoms with Crippen LogP contribution in [0.3, 0.4) is 0 Å². The van der Waals surface area contributed by atoms with Gasteiger partial charge in [0.05, 0.1) is 28.1 Å². The number of hydrazone groups is 1. The van der Waals surface area contributed by atoms with Crippen LogP contribution in [0.4, 0.5) is 0 Å². The second-order valence-corrected chi connectivity index (χ2v) is 6.07. The third-order valence-corrected chi connectivity index (χ3v) is 4.15. The second-order valence-electron chi connectivity index (χ2n) is 5.26. The van der Waals surface area contributed by atoms with Gasteiger partial charge in [-0.05, 0) is 37.3 Å². The zero-order valence-corrected chi connectivity index (χ0v) is 15.2. The lowest BCUT2D eigenvalue weighted by Gasteiger charge is -2.05. The fourth-order valence-corrected chi connectivity index (χ4v) is 2.39. The van der Waals surface area contributed by atoms with Gasteiger partial charge in [-0.2, -0.15) is 5.10 Å². The number of nitrogens with zero attached hydrogens (tertiary/aromatic N) is 1. The predicted molar refractivity (Wildman–Crippen MR) is 98.0 cm³/mol. The number of amides is 1. The number of hydrogen-bond acceptors (Lipinski definition) is 5. The molecule has 3 aromatic rings. The van der Waals surface area contributed by atoms with Crippen LogP contribution in [0.1, 0.15) is 27.6 Å². The van der Waals surface area contributed by atoms with E-state index in [1.807, 2.05) is 0 Å². The average molecular weight is 393 g/mol. The molecular weight excluding hydrogens is 379 g/mol. The van der Waals surface area contributed by atoms with E-state index in [9.17, 15) is 4.79 Å². The number of carbonyl (C=O) groups is 1. The van der Waals surface area contributed by atoms with Crippen molar-refractivity contribution < 1.29 is 18.4 Å². The van der Waals surface area contributed by atoms with Gasteiger partial charge in [0.2, 0.25) is 0 Å². The molecule has 0 saturated carbocycles. The highest BCUT2D eigenvalue weighted by Crippen LogP contribution is 2.26. The number of rotatable bonds is 6. The number of carbonyl (C=O) groups excluding carboxylic acids is 1. The highest BCUT2D eigenvalue weighted by molar-refractivity contribution is 6.42. The van der Waals surface area contributed by atoms with Crippen LogP contribution in [0.15, 0.2) is 56.6 Å². The van der Waals surface area contributed by atoms with Crippen molar-refractivity contribution in [3.8, 4) is 5.75 Å². The smallest absolute Gasteiger partial charge is 0.274 e. The molecule has 0 aliphatic carbocycles. The summed E-state index contributed by atoms with van der Waals surface area (Å²) in [5, 5.41) is 4.74. The van der Waals surface area contributed by atoms with Crippen molar-refractivity contribution in [2.24, 2.45) is 5.10 Å². The molecule has 6 nitrogen and oxygen atoms in total. The fourth-order valence-electron chi connectivity index (χ4n) is 2.10. The van der Waals surface area contributed by atoms with Crippen molar-refractivity contribution in [3.63, 3.8) is 0 Å². The highest BCUT2D eigenvalue weighted by Gasteiger charge is 2.10. The van der Waals surface area contributed by atoms with Crippen molar-refractivity contribution >= 4 is 35.3 Å². The Morgan fingerprint density at radius 1 is 1.23 bits per heavy atom. The lowest BCUT2D eigenvalue weighted by Crippen LogP contribution is -2.17. The van der Waals surface area contributed by atoms with E-state index in [1.54, 1.807) is 43.3 Å². The third-order valence-electron chi connectivity index (χ3n) is 3.42. The van der Waals surface area contributed by atoms with Gasteiger partial charge < -0.3 is 13.6 Å². The van der Waals surface area contributed by atoms with Crippen LogP contribution in [0.25, 0.3) is 0 Å². The lowest BCUT2D eigenvalue weighted by molar-refractivity contribution is 0.0953. The Bertz CT molecular complexity index is 946. The summed E-state index contributed by atoms with van der Waals surface area (Å²) < 4.78 is 16.2. The van der Waals surface area contributed by atoms with Crippen molar-refractivity contribution in [2.75, 3.05) is 0 Å². The fraction of sp³-hybridized carbons (Fsp3) is 0.111. The third kappa shape index (κ3) is 4.47. The molecule has 1 aromatic carbocycles. The average Bonchev–Trinajstić information content (AvgIpc) is 3.25. The molecule has 0 radical (unpaired) electrons. The van der Waals surface area contributed by atoms with Crippen molar-refractivity contribution in [1.29, 1.82) is 0 Å². The zero-order valence-electron chi connectivity index (χ0n) is 13.7. The van der Waals surface area contributed by atoms with E-state index in [2.05, 4.69) is 10.5 Å². The molecule has 1 N–H and O–H groups in total. The van der Waals surface area contributed by atoms with Gasteiger partial charge in [0, 0.05) is 6.07 Å². The summed E-state index contributed by atoms with van der Waals surface area (Å²) in [6.07, 6.45) is 2.84. The minimum atomic E-state index is -0.359. The maximum absolute atomic E-state index is 11.9. The summed E-state index contributed by atoms with van der Waals surface area (Å²) in [5.41, 5.74) is 2.83. The van der Waals surface area contributed by atoms with Gasteiger partial charge in [0.15, 0.2) is 0 Å². The minimum Gasteiger partial charge on any atom is -0.486 e. The standard InChI is InChI=1S/C18H14Cl2N2O4/c1-11-15(6-7-24-11)18(23)22-21-9-13-2-3-14(26-13)10-25-12-4-5-16(19)17(20)8-12/h2-9H,10H2,1H3,(H,22,23)/b21-9-. The van der Waals surface area contributed by atoms with Gasteiger partial charge in [-0.15, -0.1) is 0 Å². The number of furan rings is 2. The summed E-state index contributed by atoms with van der Waals surface area (Å²) >= 11 is 11.8. The molecule has 134 valence electrons. The summed E-state index contributed by atoms with van der Waals surface area (Å²) in [6, 6.07) is 10.0. The first-order chi connectivity index (χ1) is 12.5. The highest BCUT2D eigenvalue weighted by atomic mass is 35.5. The van der Waals surface area contributed by atoms with Gasteiger partial charge >= 0.3 is 0 Å². The largest absolute Gasteiger partial charge is 0.486 e. The van der Waals surface area contributed by atoms with Crippen LogP contribution in [0, 0.1) is 6.92 Å². The number of hydrogen-bond donors (Lipinski definition) is 1. The van der Waals surface area contributed by atoms with E-state index in [-0.39, 0.29) is 12.5 Å². The minimum absolute atomic E-state index is 0.215. The van der Waals surface area contributed by atoms with E-state index in [0.29, 0.717) is 38.6 Å². The SMILES string of the molecule is Cc1occc1C(=O)N/N=C\c1ccc(COc2ccc(Cl)c(Cl)c2)o1. The summed E-state index contributed by atoms with van der Waals surface area (Å²) in [5.74, 6) is 1.81. The number of ether oxygens (including phenoxy) is 1. The van der Waals surface area contributed by atoms with Crippen LogP contribution < -0.4 is 10.2 Å². The lowest BCUT2D eigenvalue weighted by atomic mass is 10.2. The van der Waals surface area contributed by atoms with Crippen LogP contribution in [0.2, 0.25) is 10.0 Å². The van der Waals surface area contributed by atoms with E-state index < -0.39 is 0 Å². The molecule has 2 aromatic heterocycles. The van der Waals surface area contributed by atoms with Gasteiger partial charge in [0.25, 0.3) is 5.91 Å². The first-order valence-corrected chi connectivity index (χ1v) is 8.32. The molecule has 0 spiro atoms. The van der Waals surface area contributed by atoms with Gasteiger partial charge in [-0.1, -0.05) is 23.2 Å². The number of benzene rings is 1. The number of halogens is 2. The molecule has 1 amide bonds. The Labute approximate surface area is 159 Å². The monoisotopic (exact) mass is 392 g/mol. The Kier molecular flexibility index (Phi) is 5.65. The topological polar surface area (TPSA) is 77.0 Å². The molecule has 0 aliphatic rings. The first-order valence-electron chi connectivity index (χ1n) is 7.57. The molecule has 0 unspecified atom stereocenters. The van der Waals surface area contributed by atoms with Crippen molar-refractivity contribution in [3.05, 3.63) is 75.6 Å². The molecule has 2 heterocycles. The van der Waals surface area contributed by atoms with Crippen molar-refractivity contribution in [1.82, 2.24) is 5.43 Å². The number of nitrogens with one attached hydrogen (secondary N) is 1. The summed E-state index contributed by atoms with van der Waals surface area (Å²) in [6.45, 7) is 1.91. The molecule has 0 atom stereocenters. The molecule has 26 heavy (non-hydrogen) atoms. The van der Waals surface area contributed by atoms with Gasteiger partial charge in [-0.25, -0.2) is 5.43 Å². The Balaban J connectivity index is 1.53. The van der Waals surface area contributed by atoms with E-state index in [0.717, 1.165) is 0 Å². The van der Waals surface area contributed by atoms with Gasteiger partial charge in [0.1, 0.15) is 29.6 Å². The molecule has 0 saturated heterocycles. The Morgan fingerprint density at radius 2 is 2.08 bits per heavy atom. The van der Waals surface area contributed by atoms with Crippen LogP contribution in [0.5, 0.6) is 5.75 Å². The molecule has 0 aliphatic heterocycles. The zero-order chi connectivity index (χ0) is 18.5. The van der Waals surface area contributed by atoms with E-state index in [4.69, 9.17) is 36.8 Å². The molecule has 3 rings (SSSR count). The maximum Gasteiger partial charge on any atom is 0.274 e. The van der Waals surface area contributed by atoms with Crippen LogP contribution in [-0.4, -0.2) is 12.1 Å². The molecule has 8 heteroatoms. The normalized spacial score (nSPS) is 11.0. The van der Waals surface area contributed by atoms with Gasteiger partial charge in [-0.3, -0.25) is 4.79 Å². The summed E-state index contributed by atoms with van der Waals surface area (Å²) in [7, 11) is 0. The molecule has 0 fully saturated rings. The molecular formula is C18H14Cl2N2O4. The summed E-state index contributed by atoms with van der Waals surface area (Å²) in [4.78, 5) is 11.9. The first kappa shape index (κ1) is 18.1.